The molecule has 0 bridgehead atoms. The standard InChI is InChI=1S/C19H22ClNO3/c1-14-10-15(2)12-18(11-14)24-13-19(22)21(3)8-9-23-17-6-4-16(20)5-7-17/h4-7,10-12H,8-9,13H2,1-3H3. The first-order valence-corrected chi connectivity index (χ1v) is 8.15. The van der Waals surface area contributed by atoms with E-state index in [1.54, 1.807) is 36.2 Å². The number of amides is 1. The van der Waals surface area contributed by atoms with Gasteiger partial charge in [-0.2, -0.15) is 0 Å². The Morgan fingerprint density at radius 3 is 2.25 bits per heavy atom. The Bertz CT molecular complexity index is 665. The van der Waals surface area contributed by atoms with Crippen LogP contribution in [0.2, 0.25) is 5.02 Å². The van der Waals surface area contributed by atoms with Crippen molar-refractivity contribution >= 4 is 17.5 Å². The number of nitrogens with zero attached hydrogens (tertiary/aromatic N) is 1. The second-order valence-electron chi connectivity index (χ2n) is 5.73. The molecule has 0 aliphatic carbocycles. The van der Waals surface area contributed by atoms with E-state index in [0.29, 0.717) is 23.9 Å². The van der Waals surface area contributed by atoms with Crippen molar-refractivity contribution in [1.82, 2.24) is 4.90 Å². The van der Waals surface area contributed by atoms with Crippen molar-refractivity contribution < 1.29 is 14.3 Å². The van der Waals surface area contributed by atoms with Crippen LogP contribution in [-0.2, 0) is 4.79 Å². The van der Waals surface area contributed by atoms with Gasteiger partial charge in [-0.05, 0) is 61.4 Å². The lowest BCUT2D eigenvalue weighted by Crippen LogP contribution is -2.34. The Morgan fingerprint density at radius 1 is 1.00 bits per heavy atom. The molecule has 1 amide bonds. The van der Waals surface area contributed by atoms with E-state index in [9.17, 15) is 4.79 Å². The normalized spacial score (nSPS) is 10.3. The van der Waals surface area contributed by atoms with Gasteiger partial charge in [0.15, 0.2) is 6.61 Å². The largest absolute Gasteiger partial charge is 0.492 e. The van der Waals surface area contributed by atoms with Crippen LogP contribution in [0.4, 0.5) is 0 Å². The Kier molecular flexibility index (Phi) is 6.50. The third-order valence-electron chi connectivity index (χ3n) is 3.49. The predicted molar refractivity (Wildman–Crippen MR) is 96.0 cm³/mol. The molecule has 0 unspecified atom stereocenters. The third-order valence-corrected chi connectivity index (χ3v) is 3.74. The monoisotopic (exact) mass is 347 g/mol. The number of likely N-dealkylation sites (N-methyl/N-ethyl adjacent to an activating group) is 1. The van der Waals surface area contributed by atoms with E-state index < -0.39 is 0 Å². The smallest absolute Gasteiger partial charge is 0.260 e. The molecule has 0 aliphatic heterocycles. The zero-order valence-electron chi connectivity index (χ0n) is 14.2. The molecule has 4 nitrogen and oxygen atoms in total. The van der Waals surface area contributed by atoms with Crippen molar-refractivity contribution in [1.29, 1.82) is 0 Å². The van der Waals surface area contributed by atoms with Crippen LogP contribution in [0.3, 0.4) is 0 Å². The van der Waals surface area contributed by atoms with Gasteiger partial charge in [0.05, 0.1) is 6.54 Å². The maximum absolute atomic E-state index is 12.1. The third kappa shape index (κ3) is 5.78. The molecular weight excluding hydrogens is 326 g/mol. The summed E-state index contributed by atoms with van der Waals surface area (Å²) in [6, 6.07) is 13.0. The van der Waals surface area contributed by atoms with Crippen LogP contribution in [0, 0.1) is 13.8 Å². The molecule has 0 saturated heterocycles. The molecule has 0 saturated carbocycles. The second kappa shape index (κ2) is 8.60. The topological polar surface area (TPSA) is 38.8 Å². The second-order valence-corrected chi connectivity index (χ2v) is 6.17. The first-order valence-electron chi connectivity index (χ1n) is 7.77. The van der Waals surface area contributed by atoms with E-state index in [0.717, 1.165) is 16.9 Å². The summed E-state index contributed by atoms with van der Waals surface area (Å²) in [5, 5.41) is 0.665. The van der Waals surface area contributed by atoms with Gasteiger partial charge in [-0.3, -0.25) is 4.79 Å². The van der Waals surface area contributed by atoms with Gasteiger partial charge in [0, 0.05) is 12.1 Å². The van der Waals surface area contributed by atoms with Crippen molar-refractivity contribution in [2.24, 2.45) is 0 Å². The summed E-state index contributed by atoms with van der Waals surface area (Å²) in [6.07, 6.45) is 0. The minimum atomic E-state index is -0.0890. The molecule has 0 heterocycles. The maximum atomic E-state index is 12.1. The minimum absolute atomic E-state index is 0.0142. The number of hydrogen-bond donors (Lipinski definition) is 0. The summed E-state index contributed by atoms with van der Waals surface area (Å²) >= 11 is 5.82. The molecule has 0 spiro atoms. The highest BCUT2D eigenvalue weighted by Gasteiger charge is 2.10. The molecule has 2 aromatic rings. The predicted octanol–water partition coefficient (Wildman–Crippen LogP) is 3.87. The van der Waals surface area contributed by atoms with Gasteiger partial charge in [0.25, 0.3) is 5.91 Å². The Labute approximate surface area is 147 Å². The van der Waals surface area contributed by atoms with Crippen molar-refractivity contribution in [2.75, 3.05) is 26.8 Å². The van der Waals surface area contributed by atoms with Crippen LogP contribution in [0.1, 0.15) is 11.1 Å². The number of halogens is 1. The summed E-state index contributed by atoms with van der Waals surface area (Å²) < 4.78 is 11.2. The van der Waals surface area contributed by atoms with E-state index in [4.69, 9.17) is 21.1 Å². The summed E-state index contributed by atoms with van der Waals surface area (Å²) in [4.78, 5) is 13.7. The fourth-order valence-corrected chi connectivity index (χ4v) is 2.35. The first kappa shape index (κ1) is 18.1. The number of hydrogen-bond acceptors (Lipinski definition) is 3. The van der Waals surface area contributed by atoms with E-state index in [-0.39, 0.29) is 12.5 Å². The molecule has 0 N–H and O–H groups in total. The lowest BCUT2D eigenvalue weighted by atomic mass is 10.1. The molecular formula is C19H22ClNO3. The number of rotatable bonds is 7. The Hall–Kier alpha value is -2.20. The number of ether oxygens (including phenoxy) is 2. The summed E-state index contributed by atoms with van der Waals surface area (Å²) in [7, 11) is 1.73. The highest BCUT2D eigenvalue weighted by molar-refractivity contribution is 6.30. The molecule has 0 atom stereocenters. The Balaban J connectivity index is 1.74. The lowest BCUT2D eigenvalue weighted by Gasteiger charge is -2.18. The van der Waals surface area contributed by atoms with Gasteiger partial charge in [-0.15, -0.1) is 0 Å². The lowest BCUT2D eigenvalue weighted by molar-refractivity contribution is -0.132. The van der Waals surface area contributed by atoms with Gasteiger partial charge >= 0.3 is 0 Å². The molecule has 128 valence electrons. The molecule has 0 fully saturated rings. The molecule has 0 aromatic heterocycles. The average molecular weight is 348 g/mol. The van der Waals surface area contributed by atoms with Gasteiger partial charge in [0.1, 0.15) is 18.1 Å². The van der Waals surface area contributed by atoms with Crippen molar-refractivity contribution in [3.8, 4) is 11.5 Å². The van der Waals surface area contributed by atoms with Gasteiger partial charge < -0.3 is 14.4 Å². The number of carbonyl (C=O) groups excluding carboxylic acids is 1. The molecule has 24 heavy (non-hydrogen) atoms. The molecule has 0 radical (unpaired) electrons. The zero-order chi connectivity index (χ0) is 17.5. The fraction of sp³-hybridized carbons (Fsp3) is 0.316. The van der Waals surface area contributed by atoms with E-state index in [2.05, 4.69) is 6.07 Å². The highest BCUT2D eigenvalue weighted by Crippen LogP contribution is 2.16. The van der Waals surface area contributed by atoms with Crippen LogP contribution in [-0.4, -0.2) is 37.6 Å². The minimum Gasteiger partial charge on any atom is -0.492 e. The van der Waals surface area contributed by atoms with Crippen LogP contribution in [0.25, 0.3) is 0 Å². The number of aryl methyl sites for hydroxylation is 2. The average Bonchev–Trinajstić information content (AvgIpc) is 2.53. The van der Waals surface area contributed by atoms with Gasteiger partial charge in [-0.25, -0.2) is 0 Å². The molecule has 5 heteroatoms. The van der Waals surface area contributed by atoms with Crippen molar-refractivity contribution in [3.05, 3.63) is 58.6 Å². The Morgan fingerprint density at radius 2 is 1.62 bits per heavy atom. The van der Waals surface area contributed by atoms with E-state index in [1.807, 2.05) is 26.0 Å². The van der Waals surface area contributed by atoms with E-state index >= 15 is 0 Å². The molecule has 2 rings (SSSR count). The van der Waals surface area contributed by atoms with Gasteiger partial charge in [0.2, 0.25) is 0 Å². The zero-order valence-corrected chi connectivity index (χ0v) is 15.0. The number of carbonyl (C=O) groups is 1. The summed E-state index contributed by atoms with van der Waals surface area (Å²) in [5.41, 5.74) is 2.23. The highest BCUT2D eigenvalue weighted by atomic mass is 35.5. The van der Waals surface area contributed by atoms with Gasteiger partial charge in [-0.1, -0.05) is 17.7 Å². The maximum Gasteiger partial charge on any atom is 0.260 e. The summed E-state index contributed by atoms with van der Waals surface area (Å²) in [5.74, 6) is 1.35. The van der Waals surface area contributed by atoms with E-state index in [1.165, 1.54) is 0 Å². The SMILES string of the molecule is Cc1cc(C)cc(OCC(=O)N(C)CCOc2ccc(Cl)cc2)c1. The summed E-state index contributed by atoms with van der Waals surface area (Å²) in [6.45, 7) is 4.91. The van der Waals surface area contributed by atoms with Crippen LogP contribution in [0.5, 0.6) is 11.5 Å². The van der Waals surface area contributed by atoms with Crippen molar-refractivity contribution in [3.63, 3.8) is 0 Å². The van der Waals surface area contributed by atoms with Crippen LogP contribution < -0.4 is 9.47 Å². The number of benzene rings is 2. The quantitative estimate of drug-likeness (QED) is 0.763. The molecule has 0 aliphatic rings. The first-order chi connectivity index (χ1) is 11.4. The van der Waals surface area contributed by atoms with Crippen molar-refractivity contribution in [2.45, 2.75) is 13.8 Å². The van der Waals surface area contributed by atoms with Crippen LogP contribution in [0.15, 0.2) is 42.5 Å². The van der Waals surface area contributed by atoms with Crippen LogP contribution >= 0.6 is 11.6 Å². The fourth-order valence-electron chi connectivity index (χ4n) is 2.23. The molecule has 2 aromatic carbocycles.